The molecule has 1 N–H and O–H groups in total. The van der Waals surface area contributed by atoms with Crippen LogP contribution in [-0.4, -0.2) is 35.6 Å². The fraction of sp³-hybridized carbons (Fsp3) is 0.417. The van der Waals surface area contributed by atoms with E-state index in [0.717, 1.165) is 4.47 Å². The molecule has 0 atom stereocenters. The molecule has 0 saturated heterocycles. The highest BCUT2D eigenvalue weighted by atomic mass is 79.9. The Morgan fingerprint density at radius 1 is 1.53 bits per heavy atom. The van der Waals surface area contributed by atoms with Gasteiger partial charge in [-0.05, 0) is 47.5 Å². The van der Waals surface area contributed by atoms with Gasteiger partial charge in [0.2, 0.25) is 0 Å². The summed E-state index contributed by atoms with van der Waals surface area (Å²) in [6.45, 7) is 3.15. The third-order valence-electron chi connectivity index (χ3n) is 2.41. The molecule has 0 spiro atoms. The number of hydrogen-bond donors (Lipinski definition) is 1. The van der Waals surface area contributed by atoms with Crippen molar-refractivity contribution < 1.29 is 9.90 Å². The lowest BCUT2D eigenvalue weighted by molar-refractivity contribution is 0.0753. The van der Waals surface area contributed by atoms with E-state index < -0.39 is 0 Å². The first kappa shape index (κ1) is 14.5. The summed E-state index contributed by atoms with van der Waals surface area (Å²) in [4.78, 5) is 13.9. The van der Waals surface area contributed by atoms with Gasteiger partial charge in [0.1, 0.15) is 0 Å². The summed E-state index contributed by atoms with van der Waals surface area (Å²) in [6, 6.07) is 5.14. The van der Waals surface area contributed by atoms with Crippen molar-refractivity contribution in [3.8, 4) is 0 Å². The zero-order valence-electron chi connectivity index (χ0n) is 9.62. The van der Waals surface area contributed by atoms with Crippen LogP contribution in [0.25, 0.3) is 0 Å². The maximum Gasteiger partial charge on any atom is 0.255 e. The van der Waals surface area contributed by atoms with Gasteiger partial charge >= 0.3 is 0 Å². The van der Waals surface area contributed by atoms with Crippen LogP contribution in [0.15, 0.2) is 22.7 Å². The van der Waals surface area contributed by atoms with Gasteiger partial charge in [-0.2, -0.15) is 0 Å². The summed E-state index contributed by atoms with van der Waals surface area (Å²) in [5.41, 5.74) is 0.553. The monoisotopic (exact) mass is 319 g/mol. The van der Waals surface area contributed by atoms with Gasteiger partial charge in [0.15, 0.2) is 0 Å². The van der Waals surface area contributed by atoms with Crippen molar-refractivity contribution in [1.29, 1.82) is 0 Å². The van der Waals surface area contributed by atoms with Crippen LogP contribution < -0.4 is 0 Å². The minimum Gasteiger partial charge on any atom is -0.396 e. The van der Waals surface area contributed by atoms with E-state index in [-0.39, 0.29) is 12.5 Å². The summed E-state index contributed by atoms with van der Waals surface area (Å²) in [6.07, 6.45) is 0.581. The molecule has 94 valence electrons. The van der Waals surface area contributed by atoms with E-state index in [2.05, 4.69) is 15.9 Å². The Morgan fingerprint density at radius 2 is 2.24 bits per heavy atom. The molecule has 0 unspecified atom stereocenters. The van der Waals surface area contributed by atoms with E-state index in [1.165, 1.54) is 0 Å². The smallest absolute Gasteiger partial charge is 0.255 e. The van der Waals surface area contributed by atoms with Crippen molar-refractivity contribution in [2.45, 2.75) is 13.3 Å². The van der Waals surface area contributed by atoms with Crippen LogP contribution in [0.5, 0.6) is 0 Å². The molecule has 1 aromatic rings. The lowest BCUT2D eigenvalue weighted by Gasteiger charge is -2.21. The molecule has 3 nitrogen and oxygen atoms in total. The van der Waals surface area contributed by atoms with E-state index >= 15 is 0 Å². The molecule has 0 aliphatic rings. The van der Waals surface area contributed by atoms with Crippen molar-refractivity contribution in [2.24, 2.45) is 0 Å². The second-order valence-corrected chi connectivity index (χ2v) is 4.88. The molecule has 1 rings (SSSR count). The lowest BCUT2D eigenvalue weighted by atomic mass is 10.2. The number of nitrogens with zero attached hydrogens (tertiary/aromatic N) is 1. The second-order valence-electron chi connectivity index (χ2n) is 3.59. The quantitative estimate of drug-likeness (QED) is 0.906. The van der Waals surface area contributed by atoms with Crippen LogP contribution in [0.2, 0.25) is 5.02 Å². The van der Waals surface area contributed by atoms with Crippen molar-refractivity contribution in [3.05, 3.63) is 33.3 Å². The van der Waals surface area contributed by atoms with Gasteiger partial charge in [-0.25, -0.2) is 0 Å². The Morgan fingerprint density at radius 3 is 2.82 bits per heavy atom. The Kier molecular flexibility index (Phi) is 5.95. The molecule has 17 heavy (non-hydrogen) atoms. The predicted molar refractivity (Wildman–Crippen MR) is 72.4 cm³/mol. The van der Waals surface area contributed by atoms with Gasteiger partial charge < -0.3 is 10.0 Å². The summed E-state index contributed by atoms with van der Waals surface area (Å²) < 4.78 is 0.731. The number of benzene rings is 1. The zero-order chi connectivity index (χ0) is 12.8. The first-order valence-electron chi connectivity index (χ1n) is 5.45. The number of carbonyl (C=O) groups excluding carboxylic acids is 1. The maximum absolute atomic E-state index is 12.2. The van der Waals surface area contributed by atoms with Crippen molar-refractivity contribution >= 4 is 33.4 Å². The maximum atomic E-state index is 12.2. The number of hydrogen-bond acceptors (Lipinski definition) is 2. The van der Waals surface area contributed by atoms with Crippen molar-refractivity contribution in [3.63, 3.8) is 0 Å². The Balaban J connectivity index is 2.89. The highest BCUT2D eigenvalue weighted by Gasteiger charge is 2.16. The van der Waals surface area contributed by atoms with Crippen LogP contribution in [0.3, 0.4) is 0 Å². The van der Waals surface area contributed by atoms with Gasteiger partial charge in [-0.3, -0.25) is 4.79 Å². The molecule has 1 aromatic carbocycles. The van der Waals surface area contributed by atoms with Gasteiger partial charge in [0.05, 0.1) is 5.56 Å². The Hall–Kier alpha value is -0.580. The number of halogens is 2. The molecule has 0 aliphatic carbocycles. The molecule has 0 fully saturated rings. The van der Waals surface area contributed by atoms with Crippen molar-refractivity contribution in [1.82, 2.24) is 4.90 Å². The molecular formula is C12H15BrClNO2. The van der Waals surface area contributed by atoms with Gasteiger partial charge in [0, 0.05) is 29.2 Å². The minimum absolute atomic E-state index is 0.0738. The molecule has 0 bridgehead atoms. The third kappa shape index (κ3) is 3.98. The third-order valence-corrected chi connectivity index (χ3v) is 3.34. The van der Waals surface area contributed by atoms with Crippen LogP contribution >= 0.6 is 27.5 Å². The highest BCUT2D eigenvalue weighted by molar-refractivity contribution is 9.10. The fourth-order valence-corrected chi connectivity index (χ4v) is 2.08. The summed E-state index contributed by atoms with van der Waals surface area (Å²) in [5.74, 6) is -0.0738. The fourth-order valence-electron chi connectivity index (χ4n) is 1.50. The second kappa shape index (κ2) is 6.99. The van der Waals surface area contributed by atoms with E-state index in [1.807, 2.05) is 6.92 Å². The van der Waals surface area contributed by atoms with Gasteiger partial charge in [0.25, 0.3) is 5.91 Å². The summed E-state index contributed by atoms with van der Waals surface area (Å²) in [5, 5.41) is 9.33. The average molecular weight is 321 g/mol. The number of carbonyl (C=O) groups is 1. The average Bonchev–Trinajstić information content (AvgIpc) is 2.33. The number of rotatable bonds is 5. The number of aliphatic hydroxyl groups excluding tert-OH is 1. The molecule has 1 amide bonds. The summed E-state index contributed by atoms with van der Waals surface area (Å²) in [7, 11) is 0. The summed E-state index contributed by atoms with van der Waals surface area (Å²) >= 11 is 9.22. The molecular weight excluding hydrogens is 305 g/mol. The molecule has 0 aromatic heterocycles. The SMILES string of the molecule is CCN(CCCO)C(=O)c1cc(Cl)ccc1Br. The number of amides is 1. The van der Waals surface area contributed by atoms with Crippen LogP contribution in [0.1, 0.15) is 23.7 Å². The molecule has 0 radical (unpaired) electrons. The van der Waals surface area contributed by atoms with E-state index in [1.54, 1.807) is 23.1 Å². The molecule has 5 heteroatoms. The van der Waals surface area contributed by atoms with Gasteiger partial charge in [-0.1, -0.05) is 11.6 Å². The van der Waals surface area contributed by atoms with Crippen LogP contribution in [0.4, 0.5) is 0 Å². The Labute approximate surface area is 115 Å². The Bertz CT molecular complexity index is 398. The normalized spacial score (nSPS) is 10.4. The standard InChI is InChI=1S/C12H15BrClNO2/c1-2-15(6-3-7-16)12(17)10-8-9(14)4-5-11(10)13/h4-5,8,16H,2-3,6-7H2,1H3. The van der Waals surface area contributed by atoms with Gasteiger partial charge in [-0.15, -0.1) is 0 Å². The van der Waals surface area contributed by atoms with Crippen LogP contribution in [0, 0.1) is 0 Å². The first-order chi connectivity index (χ1) is 8.10. The first-order valence-corrected chi connectivity index (χ1v) is 6.62. The largest absolute Gasteiger partial charge is 0.396 e. The highest BCUT2D eigenvalue weighted by Crippen LogP contribution is 2.22. The van der Waals surface area contributed by atoms with E-state index in [9.17, 15) is 4.79 Å². The molecule has 0 aliphatic heterocycles. The molecule has 0 heterocycles. The lowest BCUT2D eigenvalue weighted by Crippen LogP contribution is -2.32. The number of aliphatic hydroxyl groups is 1. The molecule has 0 saturated carbocycles. The van der Waals surface area contributed by atoms with Crippen LogP contribution in [-0.2, 0) is 0 Å². The zero-order valence-corrected chi connectivity index (χ0v) is 12.0. The predicted octanol–water partition coefficient (Wildman–Crippen LogP) is 2.95. The van der Waals surface area contributed by atoms with Crippen molar-refractivity contribution in [2.75, 3.05) is 19.7 Å². The minimum atomic E-state index is -0.0738. The van der Waals surface area contributed by atoms with E-state index in [0.29, 0.717) is 30.1 Å². The van der Waals surface area contributed by atoms with E-state index in [4.69, 9.17) is 16.7 Å². The topological polar surface area (TPSA) is 40.5 Å².